The van der Waals surface area contributed by atoms with Gasteiger partial charge in [-0.1, -0.05) is 12.1 Å². The van der Waals surface area contributed by atoms with Crippen LogP contribution < -0.4 is 9.46 Å². The third-order valence-electron chi connectivity index (χ3n) is 5.04. The molecule has 2 heterocycles. The lowest BCUT2D eigenvalue weighted by atomic mass is 9.74. The smallest absolute Gasteiger partial charge is 0.349 e. The lowest BCUT2D eigenvalue weighted by Gasteiger charge is -2.38. The summed E-state index contributed by atoms with van der Waals surface area (Å²) >= 11 is 1.04. The minimum Gasteiger partial charge on any atom is -0.497 e. The number of carbonyl (C=O) groups is 1. The first kappa shape index (κ1) is 20.8. The Morgan fingerprint density at radius 2 is 1.86 bits per heavy atom. The molecule has 0 saturated carbocycles. The molecule has 9 heteroatoms. The first-order valence-electron chi connectivity index (χ1n) is 8.80. The fourth-order valence-corrected chi connectivity index (χ4v) is 5.80. The highest BCUT2D eigenvalue weighted by Gasteiger charge is 2.36. The second-order valence-electron chi connectivity index (χ2n) is 6.55. The fourth-order valence-electron chi connectivity index (χ4n) is 3.34. The van der Waals surface area contributed by atoms with Gasteiger partial charge in [-0.25, -0.2) is 17.9 Å². The number of methoxy groups -OCH3 is 2. The molecule has 3 rings (SSSR count). The number of rotatable bonds is 7. The molecule has 1 N–H and O–H groups in total. The number of sulfonamides is 1. The van der Waals surface area contributed by atoms with Crippen molar-refractivity contribution in [2.75, 3.05) is 34.0 Å². The third kappa shape index (κ3) is 4.22. The zero-order valence-electron chi connectivity index (χ0n) is 15.8. The SMILES string of the molecule is COC(=O)c1sccc1S(=O)(=O)NCC1(c2ccc(OC)cc2)CCOCC1. The zero-order chi connectivity index (χ0) is 20.2. The van der Waals surface area contributed by atoms with E-state index in [0.29, 0.717) is 26.1 Å². The first-order chi connectivity index (χ1) is 13.4. The fraction of sp³-hybridized carbons (Fsp3) is 0.421. The van der Waals surface area contributed by atoms with Crippen LogP contribution in [0, 0.1) is 0 Å². The molecular formula is C19H23NO6S2. The molecule has 0 bridgehead atoms. The van der Waals surface area contributed by atoms with Crippen LogP contribution in [0.4, 0.5) is 0 Å². The molecule has 2 aromatic rings. The summed E-state index contributed by atoms with van der Waals surface area (Å²) in [4.78, 5) is 11.9. The van der Waals surface area contributed by atoms with Crippen molar-refractivity contribution < 1.29 is 27.4 Å². The van der Waals surface area contributed by atoms with Gasteiger partial charge in [0.05, 0.1) is 14.2 Å². The van der Waals surface area contributed by atoms with Crippen molar-refractivity contribution >= 4 is 27.3 Å². The number of thiophene rings is 1. The van der Waals surface area contributed by atoms with E-state index in [0.717, 1.165) is 22.6 Å². The molecule has 0 spiro atoms. The molecule has 0 amide bonds. The molecule has 1 aromatic carbocycles. The van der Waals surface area contributed by atoms with Crippen molar-refractivity contribution in [3.63, 3.8) is 0 Å². The normalized spacial score (nSPS) is 16.5. The summed E-state index contributed by atoms with van der Waals surface area (Å²) in [5.74, 6) is 0.0823. The van der Waals surface area contributed by atoms with E-state index in [1.54, 1.807) is 12.5 Å². The molecule has 152 valence electrons. The maximum absolute atomic E-state index is 12.9. The number of nitrogens with one attached hydrogen (secondary N) is 1. The van der Waals surface area contributed by atoms with Crippen molar-refractivity contribution in [3.8, 4) is 5.75 Å². The Morgan fingerprint density at radius 3 is 2.46 bits per heavy atom. The largest absolute Gasteiger partial charge is 0.497 e. The van der Waals surface area contributed by atoms with Crippen molar-refractivity contribution in [3.05, 3.63) is 46.2 Å². The van der Waals surface area contributed by atoms with Gasteiger partial charge in [0.25, 0.3) is 0 Å². The molecule has 1 fully saturated rings. The lowest BCUT2D eigenvalue weighted by molar-refractivity contribution is 0.0517. The summed E-state index contributed by atoms with van der Waals surface area (Å²) < 4.78 is 43.9. The van der Waals surface area contributed by atoms with Gasteiger partial charge in [0.1, 0.15) is 15.5 Å². The van der Waals surface area contributed by atoms with Crippen LogP contribution in [0.15, 0.2) is 40.6 Å². The van der Waals surface area contributed by atoms with Crippen LogP contribution in [0.25, 0.3) is 0 Å². The lowest BCUT2D eigenvalue weighted by Crippen LogP contribution is -2.44. The van der Waals surface area contributed by atoms with Crippen LogP contribution in [0.5, 0.6) is 5.75 Å². The Bertz CT molecular complexity index is 914. The van der Waals surface area contributed by atoms with E-state index in [2.05, 4.69) is 9.46 Å². The summed E-state index contributed by atoms with van der Waals surface area (Å²) in [5, 5.41) is 1.56. The van der Waals surface area contributed by atoms with E-state index in [4.69, 9.17) is 9.47 Å². The molecular weight excluding hydrogens is 402 g/mol. The average molecular weight is 426 g/mol. The third-order valence-corrected chi connectivity index (χ3v) is 7.51. The molecule has 0 atom stereocenters. The van der Waals surface area contributed by atoms with Gasteiger partial charge in [0, 0.05) is 25.2 Å². The van der Waals surface area contributed by atoms with E-state index < -0.39 is 16.0 Å². The zero-order valence-corrected chi connectivity index (χ0v) is 17.4. The first-order valence-corrected chi connectivity index (χ1v) is 11.2. The van der Waals surface area contributed by atoms with Gasteiger partial charge in [0.2, 0.25) is 10.0 Å². The van der Waals surface area contributed by atoms with E-state index in [1.807, 2.05) is 24.3 Å². The second-order valence-corrected chi connectivity index (χ2v) is 9.20. The van der Waals surface area contributed by atoms with E-state index >= 15 is 0 Å². The van der Waals surface area contributed by atoms with Crippen molar-refractivity contribution in [1.82, 2.24) is 4.72 Å². The van der Waals surface area contributed by atoms with Crippen LogP contribution in [-0.4, -0.2) is 48.4 Å². The predicted octanol–water partition coefficient (Wildman–Crippen LogP) is 2.57. The van der Waals surface area contributed by atoms with Crippen LogP contribution in [0.3, 0.4) is 0 Å². The summed E-state index contributed by atoms with van der Waals surface area (Å²) in [5.41, 5.74) is 0.636. The van der Waals surface area contributed by atoms with Crippen LogP contribution in [-0.2, 0) is 24.9 Å². The monoisotopic (exact) mass is 425 g/mol. The molecule has 7 nitrogen and oxygen atoms in total. The molecule has 28 heavy (non-hydrogen) atoms. The Morgan fingerprint density at radius 1 is 1.18 bits per heavy atom. The highest BCUT2D eigenvalue weighted by molar-refractivity contribution is 7.89. The van der Waals surface area contributed by atoms with Crippen LogP contribution in [0.2, 0.25) is 0 Å². The number of hydrogen-bond acceptors (Lipinski definition) is 7. The predicted molar refractivity (Wildman–Crippen MR) is 106 cm³/mol. The highest BCUT2D eigenvalue weighted by atomic mass is 32.2. The van der Waals surface area contributed by atoms with Gasteiger partial charge in [-0.15, -0.1) is 11.3 Å². The van der Waals surface area contributed by atoms with Crippen molar-refractivity contribution in [1.29, 1.82) is 0 Å². The van der Waals surface area contributed by atoms with E-state index in [9.17, 15) is 13.2 Å². The summed E-state index contributed by atoms with van der Waals surface area (Å²) in [7, 11) is -1.03. The highest BCUT2D eigenvalue weighted by Crippen LogP contribution is 2.36. The minimum absolute atomic E-state index is 0.0544. The number of ether oxygens (including phenoxy) is 3. The molecule has 0 radical (unpaired) electrons. The molecule has 1 saturated heterocycles. The second kappa shape index (κ2) is 8.60. The number of esters is 1. The van der Waals surface area contributed by atoms with Gasteiger partial charge in [-0.05, 0) is 42.0 Å². The van der Waals surface area contributed by atoms with E-state index in [-0.39, 0.29) is 21.7 Å². The van der Waals surface area contributed by atoms with Crippen molar-refractivity contribution in [2.45, 2.75) is 23.2 Å². The quantitative estimate of drug-likeness (QED) is 0.686. The molecule has 0 unspecified atom stereocenters. The topological polar surface area (TPSA) is 90.9 Å². The van der Waals surface area contributed by atoms with Gasteiger partial charge in [-0.3, -0.25) is 0 Å². The summed E-state index contributed by atoms with van der Waals surface area (Å²) in [6.45, 7) is 1.32. The van der Waals surface area contributed by atoms with Crippen molar-refractivity contribution in [2.24, 2.45) is 0 Å². The number of hydrogen-bond donors (Lipinski definition) is 1. The summed E-state index contributed by atoms with van der Waals surface area (Å²) in [6.07, 6.45) is 1.38. The Labute approximate surface area is 168 Å². The standard InChI is InChI=1S/C19H23NO6S2/c1-24-15-5-3-14(4-6-15)19(8-10-26-11-9-19)13-20-28(22,23)16-7-12-27-17(16)18(21)25-2/h3-7,12,20H,8-11,13H2,1-2H3. The molecule has 1 aromatic heterocycles. The average Bonchev–Trinajstić information content (AvgIpc) is 3.23. The minimum atomic E-state index is -3.87. The number of benzene rings is 1. The van der Waals surface area contributed by atoms with Gasteiger partial charge < -0.3 is 14.2 Å². The Balaban J connectivity index is 1.86. The summed E-state index contributed by atoms with van der Waals surface area (Å²) in [6, 6.07) is 9.08. The van der Waals surface area contributed by atoms with Crippen LogP contribution in [0.1, 0.15) is 28.1 Å². The van der Waals surface area contributed by atoms with E-state index in [1.165, 1.54) is 13.2 Å². The Hall–Kier alpha value is -1.94. The van der Waals surface area contributed by atoms with Crippen LogP contribution >= 0.6 is 11.3 Å². The van der Waals surface area contributed by atoms with Gasteiger partial charge in [0.15, 0.2) is 0 Å². The van der Waals surface area contributed by atoms with Gasteiger partial charge in [-0.2, -0.15) is 0 Å². The maximum Gasteiger partial charge on any atom is 0.349 e. The molecule has 0 aliphatic carbocycles. The molecule has 1 aliphatic rings. The Kier molecular flexibility index (Phi) is 6.39. The number of carbonyl (C=O) groups excluding carboxylic acids is 1. The maximum atomic E-state index is 12.9. The molecule has 1 aliphatic heterocycles. The van der Waals surface area contributed by atoms with Gasteiger partial charge >= 0.3 is 5.97 Å².